The minimum absolute atomic E-state index is 0.140. The number of hydrogen-bond donors (Lipinski definition) is 3. The monoisotopic (exact) mass is 479 g/mol. The first-order valence-electron chi connectivity index (χ1n) is 12.0. The summed E-state index contributed by atoms with van der Waals surface area (Å²) < 4.78 is 10.2. The molecular weight excluding hydrogens is 450 g/mol. The number of ether oxygens (including phenoxy) is 1. The lowest BCUT2D eigenvalue weighted by Gasteiger charge is -2.56. The molecule has 4 aliphatic carbocycles. The van der Waals surface area contributed by atoms with Crippen molar-refractivity contribution in [3.05, 3.63) is 53.5 Å². The van der Waals surface area contributed by atoms with Gasteiger partial charge in [0.2, 0.25) is 0 Å². The Morgan fingerprint density at radius 3 is 2.34 bits per heavy atom. The predicted molar refractivity (Wildman–Crippen MR) is 126 cm³/mol. The van der Waals surface area contributed by atoms with Crippen LogP contribution in [0.3, 0.4) is 0 Å². The quantitative estimate of drug-likeness (QED) is 0.541. The van der Waals surface area contributed by atoms with Gasteiger partial charge in [0.1, 0.15) is 0 Å². The van der Waals surface area contributed by atoms with Crippen LogP contribution < -0.4 is 16.0 Å². The molecule has 1 heterocycles. The topological polar surface area (TPSA) is 127 Å². The van der Waals surface area contributed by atoms with E-state index >= 15 is 0 Å². The number of urea groups is 1. The van der Waals surface area contributed by atoms with Gasteiger partial charge < -0.3 is 19.8 Å². The molecule has 35 heavy (non-hydrogen) atoms. The van der Waals surface area contributed by atoms with Gasteiger partial charge in [-0.2, -0.15) is 0 Å². The fourth-order valence-corrected chi connectivity index (χ4v) is 6.39. The van der Waals surface area contributed by atoms with E-state index in [-0.39, 0.29) is 16.9 Å². The maximum Gasteiger partial charge on any atom is 0.338 e. The van der Waals surface area contributed by atoms with E-state index in [0.29, 0.717) is 23.4 Å². The molecule has 4 fully saturated rings. The summed E-state index contributed by atoms with van der Waals surface area (Å²) in [5, 5.41) is 8.04. The van der Waals surface area contributed by atoms with E-state index in [1.165, 1.54) is 43.7 Å². The van der Waals surface area contributed by atoms with Crippen molar-refractivity contribution in [3.63, 3.8) is 0 Å². The molecule has 0 atom stereocenters. The van der Waals surface area contributed by atoms with Crippen LogP contribution in [0.25, 0.3) is 0 Å². The fourth-order valence-electron chi connectivity index (χ4n) is 6.39. The number of furan rings is 1. The summed E-state index contributed by atoms with van der Waals surface area (Å²) in [4.78, 5) is 49.5. The van der Waals surface area contributed by atoms with Gasteiger partial charge in [0.25, 0.3) is 11.8 Å². The molecule has 0 radical (unpaired) electrons. The normalized spacial score (nSPS) is 26.1. The number of anilines is 1. The molecule has 0 aliphatic heterocycles. The van der Waals surface area contributed by atoms with E-state index in [4.69, 9.17) is 9.15 Å². The van der Waals surface area contributed by atoms with E-state index in [2.05, 4.69) is 16.0 Å². The minimum atomic E-state index is -0.741. The second-order valence-corrected chi connectivity index (χ2v) is 10.2. The van der Waals surface area contributed by atoms with Gasteiger partial charge in [-0.1, -0.05) is 6.07 Å². The maximum absolute atomic E-state index is 12.5. The first kappa shape index (κ1) is 23.1. The Labute approximate surface area is 203 Å². The van der Waals surface area contributed by atoms with Crippen molar-refractivity contribution < 1.29 is 28.3 Å². The molecule has 9 nitrogen and oxygen atoms in total. The third-order valence-corrected chi connectivity index (χ3v) is 7.47. The summed E-state index contributed by atoms with van der Waals surface area (Å²) in [6, 6.07) is 7.26. The van der Waals surface area contributed by atoms with Crippen molar-refractivity contribution >= 4 is 29.5 Å². The molecule has 1 aromatic heterocycles. The van der Waals surface area contributed by atoms with Gasteiger partial charge in [-0.25, -0.2) is 9.59 Å². The molecule has 4 bridgehead atoms. The Balaban J connectivity index is 1.12. The highest BCUT2D eigenvalue weighted by molar-refractivity contribution is 6.03. The number of amides is 4. The number of imide groups is 1. The van der Waals surface area contributed by atoms with Crippen LogP contribution in [0.5, 0.6) is 0 Å². The van der Waals surface area contributed by atoms with E-state index in [0.717, 1.165) is 24.8 Å². The number of carbonyl (C=O) groups excluding carboxylic acids is 4. The molecule has 184 valence electrons. The van der Waals surface area contributed by atoms with Gasteiger partial charge in [0, 0.05) is 11.2 Å². The predicted octanol–water partition coefficient (Wildman–Crippen LogP) is 3.79. The van der Waals surface area contributed by atoms with Crippen LogP contribution in [-0.4, -0.2) is 36.0 Å². The van der Waals surface area contributed by atoms with Gasteiger partial charge in [0.05, 0.1) is 11.8 Å². The van der Waals surface area contributed by atoms with Crippen LogP contribution in [0.2, 0.25) is 0 Å². The average molecular weight is 480 g/mol. The fraction of sp³-hybridized carbons (Fsp3) is 0.462. The van der Waals surface area contributed by atoms with Gasteiger partial charge >= 0.3 is 12.0 Å². The van der Waals surface area contributed by atoms with Gasteiger partial charge in [-0.15, -0.1) is 0 Å². The summed E-state index contributed by atoms with van der Waals surface area (Å²) in [6.45, 7) is 1.19. The molecule has 0 saturated heterocycles. The van der Waals surface area contributed by atoms with E-state index in [1.807, 2.05) is 0 Å². The third kappa shape index (κ3) is 5.08. The number of carbonyl (C=O) groups is 4. The first-order chi connectivity index (χ1) is 16.8. The van der Waals surface area contributed by atoms with Crippen LogP contribution in [-0.2, 0) is 9.53 Å². The highest BCUT2D eigenvalue weighted by atomic mass is 16.5. The van der Waals surface area contributed by atoms with Crippen LogP contribution in [0.15, 0.2) is 41.0 Å². The Morgan fingerprint density at radius 2 is 1.71 bits per heavy atom. The van der Waals surface area contributed by atoms with E-state index in [1.54, 1.807) is 19.1 Å². The van der Waals surface area contributed by atoms with Crippen molar-refractivity contribution in [1.82, 2.24) is 10.6 Å². The summed E-state index contributed by atoms with van der Waals surface area (Å²) in [5.74, 6) is 0.257. The number of esters is 1. The van der Waals surface area contributed by atoms with Crippen LogP contribution in [0, 0.1) is 24.7 Å². The SMILES string of the molecule is Cc1ccc(C(=O)OCC(=O)NC(=O)NC23CC4CC(CC(C4)C2)C3)cc1NC(=O)c1ccco1. The molecule has 4 aliphatic rings. The lowest BCUT2D eigenvalue weighted by molar-refractivity contribution is -0.123. The van der Waals surface area contributed by atoms with Crippen molar-refractivity contribution in [3.8, 4) is 0 Å². The lowest BCUT2D eigenvalue weighted by Crippen LogP contribution is -2.62. The van der Waals surface area contributed by atoms with E-state index in [9.17, 15) is 19.2 Å². The standard InChI is InChI=1S/C26H29N3O6/c1-15-4-5-19(10-20(15)27-23(31)21-3-2-6-34-21)24(32)35-14-22(30)28-25(33)29-26-11-16-7-17(12-26)9-18(8-16)13-26/h2-6,10,16-18H,7-9,11-14H2,1H3,(H,27,31)(H2,28,29,30,33). The summed E-state index contributed by atoms with van der Waals surface area (Å²) in [7, 11) is 0. The Morgan fingerprint density at radius 1 is 1.03 bits per heavy atom. The van der Waals surface area contributed by atoms with Crippen molar-refractivity contribution in [2.75, 3.05) is 11.9 Å². The molecule has 4 saturated carbocycles. The van der Waals surface area contributed by atoms with Crippen LogP contribution in [0.1, 0.15) is 65.0 Å². The van der Waals surface area contributed by atoms with Crippen LogP contribution >= 0.6 is 0 Å². The Bertz CT molecular complexity index is 1120. The van der Waals surface area contributed by atoms with Crippen molar-refractivity contribution in [2.24, 2.45) is 17.8 Å². The summed E-state index contributed by atoms with van der Waals surface area (Å²) >= 11 is 0. The van der Waals surface area contributed by atoms with Crippen molar-refractivity contribution in [1.29, 1.82) is 0 Å². The Hall–Kier alpha value is -3.62. The largest absolute Gasteiger partial charge is 0.459 e. The number of nitrogens with one attached hydrogen (secondary N) is 3. The molecule has 4 amide bonds. The lowest BCUT2D eigenvalue weighted by atomic mass is 9.53. The number of hydrogen-bond acceptors (Lipinski definition) is 6. The highest BCUT2D eigenvalue weighted by Gasteiger charge is 2.51. The first-order valence-corrected chi connectivity index (χ1v) is 12.0. The molecular formula is C26H29N3O6. The molecule has 1 aromatic carbocycles. The molecule has 2 aromatic rings. The number of rotatable bonds is 6. The number of benzene rings is 1. The van der Waals surface area contributed by atoms with Gasteiger partial charge in [-0.3, -0.25) is 14.9 Å². The molecule has 9 heteroatoms. The van der Waals surface area contributed by atoms with Crippen LogP contribution in [0.4, 0.5) is 10.5 Å². The molecule has 6 rings (SSSR count). The molecule has 3 N–H and O–H groups in total. The minimum Gasteiger partial charge on any atom is -0.459 e. The summed E-state index contributed by atoms with van der Waals surface area (Å²) in [6.07, 6.45) is 8.08. The van der Waals surface area contributed by atoms with Gasteiger partial charge in [0.15, 0.2) is 12.4 Å². The molecule has 0 spiro atoms. The molecule has 0 unspecified atom stereocenters. The highest BCUT2D eigenvalue weighted by Crippen LogP contribution is 2.55. The van der Waals surface area contributed by atoms with E-state index < -0.39 is 30.4 Å². The smallest absolute Gasteiger partial charge is 0.338 e. The Kier molecular flexibility index (Phi) is 6.08. The second-order valence-electron chi connectivity index (χ2n) is 10.2. The zero-order valence-corrected chi connectivity index (χ0v) is 19.6. The zero-order valence-electron chi connectivity index (χ0n) is 19.6. The second kappa shape index (κ2) is 9.20. The zero-order chi connectivity index (χ0) is 24.6. The van der Waals surface area contributed by atoms with Gasteiger partial charge in [-0.05, 0) is 93.0 Å². The third-order valence-electron chi connectivity index (χ3n) is 7.47. The maximum atomic E-state index is 12.5. The average Bonchev–Trinajstić information content (AvgIpc) is 3.32. The summed E-state index contributed by atoms with van der Waals surface area (Å²) in [5.41, 5.74) is 1.10. The number of aryl methyl sites for hydroxylation is 1. The van der Waals surface area contributed by atoms with Crippen molar-refractivity contribution in [2.45, 2.75) is 51.0 Å².